The van der Waals surface area contributed by atoms with E-state index in [2.05, 4.69) is 31.9 Å². The van der Waals surface area contributed by atoms with E-state index in [0.717, 1.165) is 0 Å². The van der Waals surface area contributed by atoms with Crippen LogP contribution >= 0.6 is 0 Å². The Hall–Kier alpha value is -4.73. The second kappa shape index (κ2) is 17.9. The van der Waals surface area contributed by atoms with Crippen LogP contribution in [0.1, 0.15) is 44.1 Å². The van der Waals surface area contributed by atoms with Crippen molar-refractivity contribution in [1.82, 2.24) is 31.9 Å². The maximum Gasteiger partial charge on any atom is 0.305 e. The minimum Gasteiger partial charge on any atom is -0.481 e. The SMILES string of the molecule is N=C(N)NCCC[C@@H]1NC(=O)[C@@H](CCCCN)NC(=O)[C@H](Cc2ccccc2)NC(=O)[C@H](CC(=O)O)NC(=O)CNC1=O. The highest BCUT2D eigenvalue weighted by Crippen LogP contribution is 2.09. The van der Waals surface area contributed by atoms with Crippen molar-refractivity contribution < 1.29 is 33.9 Å². The molecule has 0 bridgehead atoms. The second-order valence-corrected chi connectivity index (χ2v) is 10.1. The molecule has 236 valence electrons. The number of benzene rings is 1. The first-order chi connectivity index (χ1) is 20.5. The third kappa shape index (κ3) is 12.8. The van der Waals surface area contributed by atoms with Gasteiger partial charge in [-0.2, -0.15) is 0 Å². The number of aliphatic carboxylic acids is 1. The number of nitrogens with one attached hydrogen (secondary N) is 7. The predicted octanol–water partition coefficient (Wildman–Crippen LogP) is -2.83. The zero-order chi connectivity index (χ0) is 31.8. The summed E-state index contributed by atoms with van der Waals surface area (Å²) in [6.45, 7) is -0.0159. The molecular weight excluding hydrogens is 562 g/mol. The van der Waals surface area contributed by atoms with E-state index in [1.54, 1.807) is 30.3 Å². The molecule has 12 N–H and O–H groups in total. The fraction of sp³-hybridized carbons (Fsp3) is 0.519. The first kappa shape index (κ1) is 34.5. The average Bonchev–Trinajstić information content (AvgIpc) is 2.95. The van der Waals surface area contributed by atoms with E-state index in [9.17, 15) is 33.9 Å². The van der Waals surface area contributed by atoms with Crippen molar-refractivity contribution in [2.45, 2.75) is 69.1 Å². The van der Waals surface area contributed by atoms with Crippen LogP contribution in [0.3, 0.4) is 0 Å². The molecule has 1 heterocycles. The lowest BCUT2D eigenvalue weighted by Crippen LogP contribution is -2.58. The van der Waals surface area contributed by atoms with Crippen molar-refractivity contribution in [2.75, 3.05) is 19.6 Å². The number of carboxylic acids is 1. The number of guanidine groups is 1. The molecule has 1 aliphatic rings. The second-order valence-electron chi connectivity index (χ2n) is 10.1. The highest BCUT2D eigenvalue weighted by atomic mass is 16.4. The minimum absolute atomic E-state index is 0.00903. The number of nitrogens with two attached hydrogens (primary N) is 2. The molecule has 0 spiro atoms. The summed E-state index contributed by atoms with van der Waals surface area (Å²) >= 11 is 0. The molecule has 1 aromatic rings. The number of hydrogen-bond donors (Lipinski definition) is 10. The van der Waals surface area contributed by atoms with Gasteiger partial charge >= 0.3 is 5.97 Å². The van der Waals surface area contributed by atoms with E-state index in [1.807, 2.05) is 0 Å². The molecule has 5 amide bonds. The highest BCUT2D eigenvalue weighted by molar-refractivity contribution is 5.98. The van der Waals surface area contributed by atoms with Gasteiger partial charge < -0.3 is 48.5 Å². The zero-order valence-corrected chi connectivity index (χ0v) is 23.8. The van der Waals surface area contributed by atoms with Gasteiger partial charge in [0.15, 0.2) is 5.96 Å². The van der Waals surface area contributed by atoms with Crippen LogP contribution in [0.25, 0.3) is 0 Å². The van der Waals surface area contributed by atoms with E-state index in [-0.39, 0.29) is 31.8 Å². The molecule has 4 atom stereocenters. The van der Waals surface area contributed by atoms with Gasteiger partial charge in [-0.15, -0.1) is 0 Å². The summed E-state index contributed by atoms with van der Waals surface area (Å²) in [6, 6.07) is 3.74. The molecule has 0 aliphatic carbocycles. The largest absolute Gasteiger partial charge is 0.481 e. The van der Waals surface area contributed by atoms with E-state index < -0.39 is 72.6 Å². The molecule has 43 heavy (non-hydrogen) atoms. The highest BCUT2D eigenvalue weighted by Gasteiger charge is 2.33. The van der Waals surface area contributed by atoms with E-state index in [1.165, 1.54) is 0 Å². The maximum absolute atomic E-state index is 13.6. The molecule has 1 aliphatic heterocycles. The summed E-state index contributed by atoms with van der Waals surface area (Å²) < 4.78 is 0. The number of unbranched alkanes of at least 4 members (excludes halogenated alkanes) is 1. The van der Waals surface area contributed by atoms with Gasteiger partial charge in [-0.25, -0.2) is 0 Å². The summed E-state index contributed by atoms with van der Waals surface area (Å²) in [6.07, 6.45) is 0.864. The monoisotopic (exact) mass is 603 g/mol. The number of carbonyl (C=O) groups excluding carboxylic acids is 5. The van der Waals surface area contributed by atoms with Gasteiger partial charge in [0.25, 0.3) is 0 Å². The zero-order valence-electron chi connectivity index (χ0n) is 23.8. The van der Waals surface area contributed by atoms with Gasteiger partial charge in [-0.3, -0.25) is 34.2 Å². The summed E-state index contributed by atoms with van der Waals surface area (Å²) in [7, 11) is 0. The molecule has 0 saturated carbocycles. The third-order valence-electron chi connectivity index (χ3n) is 6.57. The topological polar surface area (TPSA) is 271 Å². The van der Waals surface area contributed by atoms with Crippen LogP contribution in [0.4, 0.5) is 0 Å². The lowest BCUT2D eigenvalue weighted by molar-refractivity contribution is -0.141. The van der Waals surface area contributed by atoms with Gasteiger partial charge in [0, 0.05) is 13.0 Å². The first-order valence-corrected chi connectivity index (χ1v) is 14.0. The Balaban J connectivity index is 2.42. The molecule has 0 aromatic heterocycles. The normalized spacial score (nSPS) is 22.0. The molecule has 1 saturated heterocycles. The van der Waals surface area contributed by atoms with Crippen LogP contribution in [0.15, 0.2) is 30.3 Å². The van der Waals surface area contributed by atoms with E-state index >= 15 is 0 Å². The van der Waals surface area contributed by atoms with Crippen LogP contribution in [0.2, 0.25) is 0 Å². The van der Waals surface area contributed by atoms with Crippen LogP contribution in [0.5, 0.6) is 0 Å². The summed E-state index contributed by atoms with van der Waals surface area (Å²) in [5, 5.41) is 31.7. The van der Waals surface area contributed by atoms with Crippen LogP contribution < -0.4 is 43.4 Å². The Labute approximate surface area is 249 Å². The predicted molar refractivity (Wildman–Crippen MR) is 155 cm³/mol. The molecule has 1 fully saturated rings. The quantitative estimate of drug-likeness (QED) is 0.0664. The molecule has 1 aromatic carbocycles. The Morgan fingerprint density at radius 3 is 2.05 bits per heavy atom. The number of rotatable bonds is 12. The van der Waals surface area contributed by atoms with Crippen LogP contribution in [0, 0.1) is 5.41 Å². The number of carboxylic acid groups (broad SMARTS) is 1. The number of amides is 5. The molecule has 16 nitrogen and oxygen atoms in total. The Kier molecular flexibility index (Phi) is 14.4. The lowest BCUT2D eigenvalue weighted by atomic mass is 10.0. The molecule has 0 unspecified atom stereocenters. The van der Waals surface area contributed by atoms with Crippen molar-refractivity contribution in [3.63, 3.8) is 0 Å². The number of carbonyl (C=O) groups is 6. The summed E-state index contributed by atoms with van der Waals surface area (Å²) in [5.41, 5.74) is 11.6. The van der Waals surface area contributed by atoms with Crippen LogP contribution in [-0.2, 0) is 35.2 Å². The van der Waals surface area contributed by atoms with Gasteiger partial charge in [-0.1, -0.05) is 30.3 Å². The third-order valence-corrected chi connectivity index (χ3v) is 6.57. The first-order valence-electron chi connectivity index (χ1n) is 14.0. The van der Waals surface area contributed by atoms with Crippen molar-refractivity contribution in [2.24, 2.45) is 11.5 Å². The molecular formula is C27H41N9O7. The van der Waals surface area contributed by atoms with E-state index in [4.69, 9.17) is 16.9 Å². The van der Waals surface area contributed by atoms with E-state index in [0.29, 0.717) is 31.4 Å². The van der Waals surface area contributed by atoms with Crippen molar-refractivity contribution in [3.05, 3.63) is 35.9 Å². The standard InChI is InChI=1S/C27H41N9O7/c28-11-5-4-9-18-24(41)34-17(10-6-12-31-27(29)30)23(40)32-15-21(37)33-20(14-22(38)39)26(43)36-19(25(42)35-18)13-16-7-2-1-3-8-16/h1-3,7-8,17-20H,4-6,9-15,28H2,(H,32,40)(H,33,37)(H,34,41)(H,35,42)(H,36,43)(H,38,39)(H4,29,30,31)/t17-,18+,19-,20-/m0/s1. The average molecular weight is 604 g/mol. The van der Waals surface area contributed by atoms with Crippen molar-refractivity contribution in [1.29, 1.82) is 5.41 Å². The van der Waals surface area contributed by atoms with Gasteiger partial charge in [-0.05, 0) is 44.2 Å². The maximum atomic E-state index is 13.6. The fourth-order valence-corrected chi connectivity index (χ4v) is 4.36. The molecule has 16 heteroatoms. The van der Waals surface area contributed by atoms with Crippen molar-refractivity contribution >= 4 is 41.5 Å². The Morgan fingerprint density at radius 1 is 0.837 bits per heavy atom. The lowest BCUT2D eigenvalue weighted by Gasteiger charge is -2.26. The van der Waals surface area contributed by atoms with Crippen LogP contribution in [-0.4, -0.2) is 90.4 Å². The minimum atomic E-state index is -1.55. The summed E-state index contributed by atoms with van der Waals surface area (Å²) in [5.74, 6) is -5.50. The van der Waals surface area contributed by atoms with Gasteiger partial charge in [0.2, 0.25) is 29.5 Å². The smallest absolute Gasteiger partial charge is 0.305 e. The van der Waals surface area contributed by atoms with Crippen molar-refractivity contribution in [3.8, 4) is 0 Å². The summed E-state index contributed by atoms with van der Waals surface area (Å²) in [4.78, 5) is 77.3. The van der Waals surface area contributed by atoms with Gasteiger partial charge in [0.05, 0.1) is 13.0 Å². The molecule has 0 radical (unpaired) electrons. The van der Waals surface area contributed by atoms with Gasteiger partial charge in [0.1, 0.15) is 24.2 Å². The Bertz CT molecular complexity index is 1150. The molecule has 2 rings (SSSR count). The number of hydrogen-bond acceptors (Lipinski definition) is 8. The Morgan fingerprint density at radius 2 is 1.42 bits per heavy atom. The fourth-order valence-electron chi connectivity index (χ4n) is 4.36.